The molecule has 0 amide bonds. The third-order valence-corrected chi connectivity index (χ3v) is 4.20. The van der Waals surface area contributed by atoms with Crippen molar-refractivity contribution >= 4 is 17.4 Å². The van der Waals surface area contributed by atoms with Crippen LogP contribution in [0.5, 0.6) is 0 Å². The molecule has 1 aliphatic rings. The Morgan fingerprint density at radius 2 is 1.58 bits per heavy atom. The average molecular weight is 271 g/mol. The predicted octanol–water partition coefficient (Wildman–Crippen LogP) is 4.84. The Bertz CT molecular complexity index is 614. The highest BCUT2D eigenvalue weighted by atomic mass is 35.5. The van der Waals surface area contributed by atoms with E-state index in [1.54, 1.807) is 12.1 Å². The van der Waals surface area contributed by atoms with Gasteiger partial charge >= 0.3 is 0 Å². The van der Waals surface area contributed by atoms with E-state index in [-0.39, 0.29) is 5.78 Å². The lowest BCUT2D eigenvalue weighted by atomic mass is 9.77. The van der Waals surface area contributed by atoms with Gasteiger partial charge in [-0.3, -0.25) is 4.79 Å². The minimum absolute atomic E-state index is 0.0353. The van der Waals surface area contributed by atoms with Crippen LogP contribution >= 0.6 is 11.6 Å². The summed E-state index contributed by atoms with van der Waals surface area (Å²) in [6.45, 7) is 0. The maximum Gasteiger partial charge on any atom is 0.194 e. The van der Waals surface area contributed by atoms with Crippen molar-refractivity contribution in [3.63, 3.8) is 0 Å². The molecule has 2 aromatic rings. The van der Waals surface area contributed by atoms with Gasteiger partial charge in [-0.1, -0.05) is 54.4 Å². The molecule has 0 aliphatic heterocycles. The van der Waals surface area contributed by atoms with E-state index in [1.807, 2.05) is 30.3 Å². The van der Waals surface area contributed by atoms with E-state index in [1.165, 1.54) is 24.8 Å². The first-order valence-corrected chi connectivity index (χ1v) is 7.03. The van der Waals surface area contributed by atoms with Crippen molar-refractivity contribution in [2.45, 2.75) is 25.2 Å². The molecule has 96 valence electrons. The summed E-state index contributed by atoms with van der Waals surface area (Å²) in [5.41, 5.74) is 2.58. The number of ketones is 1. The lowest BCUT2D eigenvalue weighted by molar-refractivity contribution is 0.103. The summed E-state index contributed by atoms with van der Waals surface area (Å²) < 4.78 is 0. The Morgan fingerprint density at radius 3 is 2.21 bits per heavy atom. The molecule has 0 unspecified atom stereocenters. The van der Waals surface area contributed by atoms with E-state index in [0.717, 1.165) is 5.56 Å². The van der Waals surface area contributed by atoms with Crippen molar-refractivity contribution in [3.05, 3.63) is 70.2 Å². The lowest BCUT2D eigenvalue weighted by Gasteiger charge is -2.27. The first-order valence-electron chi connectivity index (χ1n) is 6.65. The fourth-order valence-corrected chi connectivity index (χ4v) is 2.79. The molecule has 1 nitrogen and oxygen atoms in total. The Labute approximate surface area is 118 Å². The molecule has 19 heavy (non-hydrogen) atoms. The molecule has 0 bridgehead atoms. The smallest absolute Gasteiger partial charge is 0.194 e. The number of halogens is 1. The summed E-state index contributed by atoms with van der Waals surface area (Å²) in [6.07, 6.45) is 3.64. The molecule has 0 N–H and O–H groups in total. The van der Waals surface area contributed by atoms with Crippen LogP contribution in [0.2, 0.25) is 5.02 Å². The Hall–Kier alpha value is -1.60. The van der Waals surface area contributed by atoms with Crippen molar-refractivity contribution in [2.24, 2.45) is 0 Å². The van der Waals surface area contributed by atoms with E-state index < -0.39 is 0 Å². The Kier molecular flexibility index (Phi) is 3.39. The van der Waals surface area contributed by atoms with Gasteiger partial charge in [-0.2, -0.15) is 0 Å². The van der Waals surface area contributed by atoms with Crippen molar-refractivity contribution in [3.8, 4) is 0 Å². The topological polar surface area (TPSA) is 17.1 Å². The fraction of sp³-hybridized carbons (Fsp3) is 0.235. The highest BCUT2D eigenvalue weighted by Gasteiger charge is 2.25. The number of hydrogen-bond donors (Lipinski definition) is 0. The maximum absolute atomic E-state index is 12.6. The van der Waals surface area contributed by atoms with Crippen LogP contribution in [-0.4, -0.2) is 5.78 Å². The van der Waals surface area contributed by atoms with Gasteiger partial charge in [0.1, 0.15) is 0 Å². The molecule has 0 atom stereocenters. The zero-order chi connectivity index (χ0) is 13.2. The molecular formula is C17H15ClO. The fourth-order valence-electron chi connectivity index (χ4n) is 2.57. The zero-order valence-corrected chi connectivity index (χ0v) is 11.4. The summed E-state index contributed by atoms with van der Waals surface area (Å²) in [5.74, 6) is 0.579. The molecule has 0 radical (unpaired) electrons. The predicted molar refractivity (Wildman–Crippen MR) is 77.9 cm³/mol. The molecule has 2 aromatic carbocycles. The summed E-state index contributed by atoms with van der Waals surface area (Å²) in [6, 6.07) is 15.2. The minimum Gasteiger partial charge on any atom is -0.289 e. The van der Waals surface area contributed by atoms with Gasteiger partial charge in [0.05, 0.1) is 5.02 Å². The van der Waals surface area contributed by atoms with Crippen molar-refractivity contribution in [2.75, 3.05) is 0 Å². The van der Waals surface area contributed by atoms with Gasteiger partial charge in [0.15, 0.2) is 5.78 Å². The van der Waals surface area contributed by atoms with E-state index >= 15 is 0 Å². The molecule has 0 saturated heterocycles. The van der Waals surface area contributed by atoms with Crippen LogP contribution in [0.3, 0.4) is 0 Å². The minimum atomic E-state index is 0.0353. The zero-order valence-electron chi connectivity index (χ0n) is 10.6. The van der Waals surface area contributed by atoms with E-state index in [0.29, 0.717) is 16.5 Å². The third kappa shape index (κ3) is 2.31. The van der Waals surface area contributed by atoms with Gasteiger partial charge in [0.2, 0.25) is 0 Å². The number of carbonyl (C=O) groups excluding carboxylic acids is 1. The molecule has 3 rings (SSSR count). The number of carbonyl (C=O) groups is 1. The first kappa shape index (κ1) is 12.4. The molecule has 1 saturated carbocycles. The maximum atomic E-state index is 12.6. The normalized spacial score (nSPS) is 15.0. The third-order valence-electron chi connectivity index (χ3n) is 3.87. The molecule has 0 spiro atoms. The second kappa shape index (κ2) is 5.18. The van der Waals surface area contributed by atoms with Gasteiger partial charge in [0.25, 0.3) is 0 Å². The molecule has 1 fully saturated rings. The van der Waals surface area contributed by atoms with Crippen LogP contribution in [0.1, 0.15) is 46.7 Å². The largest absolute Gasteiger partial charge is 0.289 e. The van der Waals surface area contributed by atoms with Crippen LogP contribution in [-0.2, 0) is 0 Å². The standard InChI is InChI=1S/C17H15ClO/c18-16-11-4-3-10-15(16)17(19)14-9-2-1-8-13(14)12-6-5-7-12/h1-4,8-12H,5-7H2. The van der Waals surface area contributed by atoms with Crippen molar-refractivity contribution in [1.82, 2.24) is 0 Å². The van der Waals surface area contributed by atoms with Gasteiger partial charge in [-0.25, -0.2) is 0 Å². The summed E-state index contributed by atoms with van der Waals surface area (Å²) >= 11 is 6.13. The Balaban J connectivity index is 2.02. The van der Waals surface area contributed by atoms with Crippen LogP contribution in [0.25, 0.3) is 0 Å². The lowest BCUT2D eigenvalue weighted by Crippen LogP contribution is -2.14. The van der Waals surface area contributed by atoms with Crippen LogP contribution < -0.4 is 0 Å². The summed E-state index contributed by atoms with van der Waals surface area (Å²) in [7, 11) is 0. The molecule has 2 heteroatoms. The van der Waals surface area contributed by atoms with Gasteiger partial charge in [-0.05, 0) is 36.5 Å². The second-order valence-corrected chi connectivity index (χ2v) is 5.43. The number of hydrogen-bond acceptors (Lipinski definition) is 1. The highest BCUT2D eigenvalue weighted by Crippen LogP contribution is 2.38. The van der Waals surface area contributed by atoms with Gasteiger partial charge < -0.3 is 0 Å². The first-order chi connectivity index (χ1) is 9.27. The molecular weight excluding hydrogens is 256 g/mol. The summed E-state index contributed by atoms with van der Waals surface area (Å²) in [4.78, 5) is 12.6. The van der Waals surface area contributed by atoms with E-state index in [9.17, 15) is 4.79 Å². The summed E-state index contributed by atoms with van der Waals surface area (Å²) in [5, 5.41) is 0.524. The number of benzene rings is 2. The van der Waals surface area contributed by atoms with Crippen LogP contribution in [0, 0.1) is 0 Å². The van der Waals surface area contributed by atoms with E-state index in [2.05, 4.69) is 6.07 Å². The SMILES string of the molecule is O=C(c1ccccc1Cl)c1ccccc1C1CCC1. The highest BCUT2D eigenvalue weighted by molar-refractivity contribution is 6.35. The quantitative estimate of drug-likeness (QED) is 0.730. The van der Waals surface area contributed by atoms with Crippen molar-refractivity contribution in [1.29, 1.82) is 0 Å². The number of rotatable bonds is 3. The van der Waals surface area contributed by atoms with Gasteiger partial charge in [-0.15, -0.1) is 0 Å². The second-order valence-electron chi connectivity index (χ2n) is 5.02. The molecule has 0 aromatic heterocycles. The molecule has 1 aliphatic carbocycles. The van der Waals surface area contributed by atoms with E-state index in [4.69, 9.17) is 11.6 Å². The molecule has 0 heterocycles. The average Bonchev–Trinajstić information content (AvgIpc) is 2.37. The monoisotopic (exact) mass is 270 g/mol. The van der Waals surface area contributed by atoms with Crippen LogP contribution in [0.15, 0.2) is 48.5 Å². The van der Waals surface area contributed by atoms with Crippen molar-refractivity contribution < 1.29 is 4.79 Å². The van der Waals surface area contributed by atoms with Gasteiger partial charge in [0, 0.05) is 11.1 Å². The Morgan fingerprint density at radius 1 is 0.947 bits per heavy atom. The van der Waals surface area contributed by atoms with Crippen LogP contribution in [0.4, 0.5) is 0 Å².